The van der Waals surface area contributed by atoms with Crippen LogP contribution < -0.4 is 0 Å². The summed E-state index contributed by atoms with van der Waals surface area (Å²) in [5, 5.41) is 1.06. The standard InChI is InChI=1S/C9H6ClNO3S.ClH/c10-9-7-2-1-3-8(15(12,13)14)6(7)4-5-11-9;/h1-5H,(H,12,13,14);1H. The van der Waals surface area contributed by atoms with Gasteiger partial charge in [0, 0.05) is 17.0 Å². The highest BCUT2D eigenvalue weighted by molar-refractivity contribution is 7.86. The Kier molecular flexibility index (Phi) is 3.75. The summed E-state index contributed by atoms with van der Waals surface area (Å²) in [5.74, 6) is 0. The highest BCUT2D eigenvalue weighted by atomic mass is 35.5. The van der Waals surface area contributed by atoms with Gasteiger partial charge in [-0.2, -0.15) is 8.42 Å². The van der Waals surface area contributed by atoms with Crippen LogP contribution in [-0.2, 0) is 10.1 Å². The van der Waals surface area contributed by atoms with E-state index in [0.29, 0.717) is 10.8 Å². The molecule has 0 amide bonds. The van der Waals surface area contributed by atoms with E-state index in [0.717, 1.165) is 0 Å². The summed E-state index contributed by atoms with van der Waals surface area (Å²) in [6, 6.07) is 5.94. The van der Waals surface area contributed by atoms with Gasteiger partial charge in [-0.1, -0.05) is 23.7 Å². The Bertz CT molecular complexity index is 628. The van der Waals surface area contributed by atoms with Crippen LogP contribution in [0, 0.1) is 0 Å². The largest absolute Gasteiger partial charge is 0.295 e. The first kappa shape index (κ1) is 13.2. The first-order valence-electron chi connectivity index (χ1n) is 4.01. The number of aromatic nitrogens is 1. The van der Waals surface area contributed by atoms with Crippen molar-refractivity contribution in [3.8, 4) is 0 Å². The van der Waals surface area contributed by atoms with Crippen LogP contribution in [0.15, 0.2) is 35.4 Å². The van der Waals surface area contributed by atoms with Crippen molar-refractivity contribution >= 4 is 44.9 Å². The molecule has 0 aliphatic heterocycles. The molecule has 0 radical (unpaired) electrons. The second-order valence-corrected chi connectivity index (χ2v) is 4.68. The van der Waals surface area contributed by atoms with Crippen LogP contribution in [0.25, 0.3) is 10.8 Å². The van der Waals surface area contributed by atoms with Gasteiger partial charge in [0.15, 0.2) is 0 Å². The maximum atomic E-state index is 11.1. The van der Waals surface area contributed by atoms with E-state index in [1.807, 2.05) is 0 Å². The number of hydrogen-bond acceptors (Lipinski definition) is 3. The fourth-order valence-electron chi connectivity index (χ4n) is 1.37. The second kappa shape index (κ2) is 4.55. The smallest absolute Gasteiger partial charge is 0.282 e. The Labute approximate surface area is 103 Å². The zero-order valence-electron chi connectivity index (χ0n) is 7.79. The van der Waals surface area contributed by atoms with Crippen LogP contribution in [0.5, 0.6) is 0 Å². The molecule has 2 aromatic rings. The van der Waals surface area contributed by atoms with Crippen molar-refractivity contribution < 1.29 is 13.0 Å². The normalized spacial score (nSPS) is 11.1. The van der Waals surface area contributed by atoms with E-state index in [-0.39, 0.29) is 22.5 Å². The number of halogens is 2. The van der Waals surface area contributed by atoms with E-state index in [4.69, 9.17) is 16.2 Å². The summed E-state index contributed by atoms with van der Waals surface area (Å²) in [6.07, 6.45) is 1.39. The molecule has 0 aliphatic carbocycles. The first-order valence-corrected chi connectivity index (χ1v) is 5.82. The highest BCUT2D eigenvalue weighted by Gasteiger charge is 2.14. The van der Waals surface area contributed by atoms with Gasteiger partial charge in [0.2, 0.25) is 0 Å². The maximum absolute atomic E-state index is 11.1. The minimum atomic E-state index is -4.23. The van der Waals surface area contributed by atoms with Gasteiger partial charge >= 0.3 is 0 Å². The fourth-order valence-corrected chi connectivity index (χ4v) is 2.30. The Morgan fingerprint density at radius 1 is 1.19 bits per heavy atom. The summed E-state index contributed by atoms with van der Waals surface area (Å²) in [7, 11) is -4.23. The third kappa shape index (κ3) is 2.27. The highest BCUT2D eigenvalue weighted by Crippen LogP contribution is 2.26. The lowest BCUT2D eigenvalue weighted by Gasteiger charge is -2.03. The van der Waals surface area contributed by atoms with E-state index < -0.39 is 10.1 Å². The molecule has 0 atom stereocenters. The first-order chi connectivity index (χ1) is 7.00. The van der Waals surface area contributed by atoms with E-state index in [9.17, 15) is 8.42 Å². The predicted molar refractivity (Wildman–Crippen MR) is 63.8 cm³/mol. The quantitative estimate of drug-likeness (QED) is 0.644. The fraction of sp³-hybridized carbons (Fsp3) is 0. The lowest BCUT2D eigenvalue weighted by molar-refractivity contribution is 0.484. The number of hydrogen-bond donors (Lipinski definition) is 1. The Morgan fingerprint density at radius 3 is 2.50 bits per heavy atom. The number of rotatable bonds is 1. The molecule has 4 nitrogen and oxygen atoms in total. The van der Waals surface area contributed by atoms with Crippen LogP contribution in [-0.4, -0.2) is 18.0 Å². The van der Waals surface area contributed by atoms with E-state index in [2.05, 4.69) is 4.98 Å². The molecule has 7 heteroatoms. The molecule has 86 valence electrons. The molecule has 1 N–H and O–H groups in total. The SMILES string of the molecule is Cl.O=S(=O)(O)c1cccc2c(Cl)nccc12. The monoisotopic (exact) mass is 279 g/mol. The van der Waals surface area contributed by atoms with Crippen molar-refractivity contribution in [3.63, 3.8) is 0 Å². The zero-order chi connectivity index (χ0) is 11.1. The van der Waals surface area contributed by atoms with Gasteiger partial charge in [0.05, 0.1) is 0 Å². The van der Waals surface area contributed by atoms with Gasteiger partial charge in [-0.05, 0) is 12.1 Å². The van der Waals surface area contributed by atoms with Crippen LogP contribution in [0.4, 0.5) is 0 Å². The minimum absolute atomic E-state index is 0. The average molecular weight is 280 g/mol. The van der Waals surface area contributed by atoms with Crippen molar-refractivity contribution in [3.05, 3.63) is 35.6 Å². The lowest BCUT2D eigenvalue weighted by atomic mass is 10.2. The number of nitrogens with zero attached hydrogens (tertiary/aromatic N) is 1. The third-order valence-corrected chi connectivity index (χ3v) is 3.21. The lowest BCUT2D eigenvalue weighted by Crippen LogP contribution is -1.99. The Morgan fingerprint density at radius 2 is 1.88 bits per heavy atom. The summed E-state index contributed by atoms with van der Waals surface area (Å²) in [5.41, 5.74) is 0. The molecule has 0 spiro atoms. The van der Waals surface area contributed by atoms with Crippen LogP contribution >= 0.6 is 24.0 Å². The maximum Gasteiger partial charge on any atom is 0.295 e. The molecule has 2 rings (SSSR count). The minimum Gasteiger partial charge on any atom is -0.282 e. The van der Waals surface area contributed by atoms with Gasteiger partial charge < -0.3 is 0 Å². The van der Waals surface area contributed by atoms with Crippen molar-refractivity contribution in [2.45, 2.75) is 4.90 Å². The molecular weight excluding hydrogens is 273 g/mol. The molecule has 0 saturated carbocycles. The molecule has 1 aromatic carbocycles. The zero-order valence-corrected chi connectivity index (χ0v) is 10.2. The number of pyridine rings is 1. The third-order valence-electron chi connectivity index (χ3n) is 2.00. The van der Waals surface area contributed by atoms with Crippen molar-refractivity contribution in [2.24, 2.45) is 0 Å². The molecule has 0 fully saturated rings. The molecule has 1 aromatic heterocycles. The average Bonchev–Trinajstić information content (AvgIpc) is 2.16. The van der Waals surface area contributed by atoms with E-state index in [1.54, 1.807) is 6.07 Å². The van der Waals surface area contributed by atoms with Gasteiger partial charge in [0.25, 0.3) is 10.1 Å². The van der Waals surface area contributed by atoms with Crippen molar-refractivity contribution in [1.29, 1.82) is 0 Å². The topological polar surface area (TPSA) is 67.3 Å². The van der Waals surface area contributed by atoms with Crippen molar-refractivity contribution in [2.75, 3.05) is 0 Å². The Balaban J connectivity index is 0.00000128. The Hall–Kier alpha value is -0.880. The van der Waals surface area contributed by atoms with Crippen LogP contribution in [0.2, 0.25) is 5.15 Å². The van der Waals surface area contributed by atoms with E-state index >= 15 is 0 Å². The molecule has 1 heterocycles. The summed E-state index contributed by atoms with van der Waals surface area (Å²) in [6.45, 7) is 0. The van der Waals surface area contributed by atoms with Crippen LogP contribution in [0.3, 0.4) is 0 Å². The van der Waals surface area contributed by atoms with Crippen molar-refractivity contribution in [1.82, 2.24) is 4.98 Å². The van der Waals surface area contributed by atoms with Gasteiger partial charge in [-0.15, -0.1) is 12.4 Å². The molecule has 0 bridgehead atoms. The number of benzene rings is 1. The van der Waals surface area contributed by atoms with Crippen LogP contribution in [0.1, 0.15) is 0 Å². The number of fused-ring (bicyclic) bond motifs is 1. The van der Waals surface area contributed by atoms with Gasteiger partial charge in [-0.25, -0.2) is 4.98 Å². The van der Waals surface area contributed by atoms with E-state index in [1.165, 1.54) is 24.4 Å². The summed E-state index contributed by atoms with van der Waals surface area (Å²) < 4.78 is 31.1. The predicted octanol–water partition coefficient (Wildman–Crippen LogP) is 2.56. The summed E-state index contributed by atoms with van der Waals surface area (Å²) in [4.78, 5) is 3.66. The molecule has 0 aliphatic rings. The summed E-state index contributed by atoms with van der Waals surface area (Å²) >= 11 is 5.79. The molecule has 0 saturated heterocycles. The molecule has 0 unspecified atom stereocenters. The molecular formula is C9H7Cl2NO3S. The molecule has 16 heavy (non-hydrogen) atoms. The van der Waals surface area contributed by atoms with Gasteiger partial charge in [-0.3, -0.25) is 4.55 Å². The second-order valence-electron chi connectivity index (χ2n) is 2.93. The van der Waals surface area contributed by atoms with Gasteiger partial charge in [0.1, 0.15) is 10.0 Å².